The molecule has 0 radical (unpaired) electrons. The highest BCUT2D eigenvalue weighted by Crippen LogP contribution is 2.14. The number of hydrogen-bond acceptors (Lipinski definition) is 5. The monoisotopic (exact) mass is 290 g/mol. The molecule has 0 bridgehead atoms. The smallest absolute Gasteiger partial charge is 0.328 e. The second-order valence-electron chi connectivity index (χ2n) is 4.66. The molecule has 0 unspecified atom stereocenters. The lowest BCUT2D eigenvalue weighted by molar-refractivity contribution is -0.146. The first-order valence-electron chi connectivity index (χ1n) is 6.50. The predicted octanol–water partition coefficient (Wildman–Crippen LogP) is 0.928. The summed E-state index contributed by atoms with van der Waals surface area (Å²) in [7, 11) is 1.20. The molecule has 0 saturated heterocycles. The minimum Gasteiger partial charge on any atom is -0.467 e. The zero-order valence-corrected chi connectivity index (χ0v) is 11.9. The third-order valence-electron chi connectivity index (χ3n) is 2.98. The molecule has 0 fully saturated rings. The number of ether oxygens (including phenoxy) is 1. The number of carbonyl (C=O) groups excluding carboxylic acids is 2. The van der Waals surface area contributed by atoms with Crippen molar-refractivity contribution in [1.82, 2.24) is 5.32 Å². The number of nitrogens with zero attached hydrogens (tertiary/aromatic N) is 1. The third kappa shape index (κ3) is 4.89. The summed E-state index contributed by atoms with van der Waals surface area (Å²) in [6.07, 6.45) is -1.26. The zero-order valence-electron chi connectivity index (χ0n) is 11.9. The SMILES string of the molecule is COC(=O)[C@H](C[C@@H](C)C#N)NC(=O)[C@@H](O)c1ccccc1. The number of carbonyl (C=O) groups is 2. The summed E-state index contributed by atoms with van der Waals surface area (Å²) in [5.41, 5.74) is 0.423. The molecule has 0 heterocycles. The Morgan fingerprint density at radius 1 is 1.38 bits per heavy atom. The van der Waals surface area contributed by atoms with Gasteiger partial charge in [-0.1, -0.05) is 30.3 Å². The van der Waals surface area contributed by atoms with Crippen molar-refractivity contribution in [2.24, 2.45) is 5.92 Å². The van der Waals surface area contributed by atoms with Crippen molar-refractivity contribution in [2.75, 3.05) is 7.11 Å². The first-order chi connectivity index (χ1) is 9.99. The average Bonchev–Trinajstić information content (AvgIpc) is 2.53. The van der Waals surface area contributed by atoms with E-state index in [4.69, 9.17) is 5.26 Å². The van der Waals surface area contributed by atoms with Crippen LogP contribution in [0.15, 0.2) is 30.3 Å². The number of rotatable bonds is 6. The first kappa shape index (κ1) is 16.7. The molecule has 6 nitrogen and oxygen atoms in total. The second kappa shape index (κ2) is 8.02. The molecule has 1 aromatic rings. The van der Waals surface area contributed by atoms with Gasteiger partial charge in [-0.3, -0.25) is 4.79 Å². The van der Waals surface area contributed by atoms with Crippen molar-refractivity contribution in [2.45, 2.75) is 25.5 Å². The van der Waals surface area contributed by atoms with Gasteiger partial charge in [0.2, 0.25) is 0 Å². The van der Waals surface area contributed by atoms with E-state index in [0.29, 0.717) is 5.56 Å². The summed E-state index contributed by atoms with van der Waals surface area (Å²) in [5, 5.41) is 21.2. The van der Waals surface area contributed by atoms with Crippen LogP contribution in [0.2, 0.25) is 0 Å². The molecule has 0 aliphatic heterocycles. The molecule has 0 saturated carbocycles. The van der Waals surface area contributed by atoms with Crippen molar-refractivity contribution in [3.05, 3.63) is 35.9 Å². The molecule has 0 aromatic heterocycles. The Bertz CT molecular complexity index is 524. The maximum Gasteiger partial charge on any atom is 0.328 e. The fourth-order valence-electron chi connectivity index (χ4n) is 1.80. The van der Waals surface area contributed by atoms with E-state index in [-0.39, 0.29) is 6.42 Å². The molecule has 21 heavy (non-hydrogen) atoms. The molecule has 0 aliphatic rings. The Morgan fingerprint density at radius 2 is 2.00 bits per heavy atom. The van der Waals surface area contributed by atoms with E-state index < -0.39 is 29.9 Å². The minimum atomic E-state index is -1.38. The van der Waals surface area contributed by atoms with Crippen LogP contribution in [-0.4, -0.2) is 30.1 Å². The maximum atomic E-state index is 12.0. The van der Waals surface area contributed by atoms with Crippen LogP contribution in [0, 0.1) is 17.2 Å². The van der Waals surface area contributed by atoms with Gasteiger partial charge in [-0.15, -0.1) is 0 Å². The summed E-state index contributed by atoms with van der Waals surface area (Å²) in [6.45, 7) is 1.63. The Kier molecular flexibility index (Phi) is 6.37. The van der Waals surface area contributed by atoms with Gasteiger partial charge in [-0.25, -0.2) is 4.79 Å². The lowest BCUT2D eigenvalue weighted by Crippen LogP contribution is -2.44. The van der Waals surface area contributed by atoms with Crippen LogP contribution in [0.1, 0.15) is 25.0 Å². The van der Waals surface area contributed by atoms with Gasteiger partial charge in [0.1, 0.15) is 6.04 Å². The highest BCUT2D eigenvalue weighted by molar-refractivity contribution is 5.87. The molecule has 1 aromatic carbocycles. The van der Waals surface area contributed by atoms with E-state index in [1.54, 1.807) is 37.3 Å². The standard InChI is InChI=1S/C15H18N2O4/c1-10(9-16)8-12(15(20)21-2)17-14(19)13(18)11-6-4-3-5-7-11/h3-7,10,12-13,18H,8H2,1-2H3,(H,17,19)/t10-,12+,13+/m1/s1. The van der Waals surface area contributed by atoms with Gasteiger partial charge in [-0.05, 0) is 18.9 Å². The number of amides is 1. The molecule has 6 heteroatoms. The number of benzene rings is 1. The largest absolute Gasteiger partial charge is 0.467 e. The van der Waals surface area contributed by atoms with Gasteiger partial charge in [0.05, 0.1) is 13.2 Å². The second-order valence-corrected chi connectivity index (χ2v) is 4.66. The fourth-order valence-corrected chi connectivity index (χ4v) is 1.80. The lowest BCUT2D eigenvalue weighted by atomic mass is 10.0. The summed E-state index contributed by atoms with van der Waals surface area (Å²) >= 11 is 0. The van der Waals surface area contributed by atoms with E-state index in [0.717, 1.165) is 0 Å². The Balaban J connectivity index is 2.76. The van der Waals surface area contributed by atoms with Crippen molar-refractivity contribution >= 4 is 11.9 Å². The van der Waals surface area contributed by atoms with E-state index in [1.165, 1.54) is 7.11 Å². The topological polar surface area (TPSA) is 99.4 Å². The van der Waals surface area contributed by atoms with Crippen molar-refractivity contribution < 1.29 is 19.4 Å². The van der Waals surface area contributed by atoms with Crippen molar-refractivity contribution in [3.63, 3.8) is 0 Å². The van der Waals surface area contributed by atoms with Gasteiger partial charge in [-0.2, -0.15) is 5.26 Å². The van der Waals surface area contributed by atoms with Gasteiger partial charge in [0.15, 0.2) is 6.10 Å². The fraction of sp³-hybridized carbons (Fsp3) is 0.400. The Morgan fingerprint density at radius 3 is 2.52 bits per heavy atom. The molecular formula is C15H18N2O4. The van der Waals surface area contributed by atoms with Gasteiger partial charge in [0.25, 0.3) is 5.91 Å². The highest BCUT2D eigenvalue weighted by atomic mass is 16.5. The number of esters is 1. The van der Waals surface area contributed by atoms with Crippen LogP contribution in [0.3, 0.4) is 0 Å². The normalized spacial score (nSPS) is 14.4. The summed E-state index contributed by atoms with van der Waals surface area (Å²) in [4.78, 5) is 23.6. The number of nitriles is 1. The van der Waals surface area contributed by atoms with Crippen LogP contribution >= 0.6 is 0 Å². The molecule has 1 amide bonds. The van der Waals surface area contributed by atoms with Crippen LogP contribution < -0.4 is 5.32 Å². The highest BCUT2D eigenvalue weighted by Gasteiger charge is 2.27. The first-order valence-corrected chi connectivity index (χ1v) is 6.50. The average molecular weight is 290 g/mol. The number of aliphatic hydroxyl groups is 1. The van der Waals surface area contributed by atoms with Crippen molar-refractivity contribution in [1.29, 1.82) is 5.26 Å². The number of aliphatic hydroxyl groups excluding tert-OH is 1. The number of methoxy groups -OCH3 is 1. The van der Waals surface area contributed by atoms with Crippen LogP contribution in [0.25, 0.3) is 0 Å². The van der Waals surface area contributed by atoms with Crippen LogP contribution in [-0.2, 0) is 14.3 Å². The molecule has 112 valence electrons. The number of hydrogen-bond donors (Lipinski definition) is 2. The van der Waals surface area contributed by atoms with Gasteiger partial charge < -0.3 is 15.2 Å². The summed E-state index contributed by atoms with van der Waals surface area (Å²) in [6, 6.07) is 9.39. The van der Waals surface area contributed by atoms with E-state index in [2.05, 4.69) is 10.1 Å². The predicted molar refractivity (Wildman–Crippen MR) is 74.7 cm³/mol. The third-order valence-corrected chi connectivity index (χ3v) is 2.98. The zero-order chi connectivity index (χ0) is 15.8. The summed E-state index contributed by atoms with van der Waals surface area (Å²) in [5.74, 6) is -1.78. The lowest BCUT2D eigenvalue weighted by Gasteiger charge is -2.19. The Hall–Kier alpha value is -2.39. The number of nitrogens with one attached hydrogen (secondary N) is 1. The van der Waals surface area contributed by atoms with E-state index in [9.17, 15) is 14.7 Å². The molecule has 0 aliphatic carbocycles. The molecule has 3 atom stereocenters. The quantitative estimate of drug-likeness (QED) is 0.759. The van der Waals surface area contributed by atoms with E-state index >= 15 is 0 Å². The van der Waals surface area contributed by atoms with Gasteiger partial charge in [0, 0.05) is 5.92 Å². The maximum absolute atomic E-state index is 12.0. The minimum absolute atomic E-state index is 0.121. The molecular weight excluding hydrogens is 272 g/mol. The van der Waals surface area contributed by atoms with Crippen LogP contribution in [0.5, 0.6) is 0 Å². The molecule has 0 spiro atoms. The molecule has 2 N–H and O–H groups in total. The molecule has 1 rings (SSSR count). The Labute approximate surface area is 123 Å². The van der Waals surface area contributed by atoms with E-state index in [1.807, 2.05) is 6.07 Å². The van der Waals surface area contributed by atoms with Gasteiger partial charge >= 0.3 is 5.97 Å². The van der Waals surface area contributed by atoms with Crippen LogP contribution in [0.4, 0.5) is 0 Å². The van der Waals surface area contributed by atoms with Crippen molar-refractivity contribution in [3.8, 4) is 6.07 Å². The summed E-state index contributed by atoms with van der Waals surface area (Å²) < 4.78 is 4.60.